The van der Waals surface area contributed by atoms with Gasteiger partial charge in [-0.3, -0.25) is 4.79 Å². The molecule has 2 nitrogen and oxygen atoms in total. The van der Waals surface area contributed by atoms with Crippen LogP contribution in [0.25, 0.3) is 0 Å². The van der Waals surface area contributed by atoms with Crippen molar-refractivity contribution in [2.45, 2.75) is 13.3 Å². The molecule has 0 saturated heterocycles. The van der Waals surface area contributed by atoms with E-state index in [4.69, 9.17) is 5.11 Å². The Balaban J connectivity index is -0.0000000800. The number of aliphatic carboxylic acids is 1. The first kappa shape index (κ1) is 15.8. The van der Waals surface area contributed by atoms with Crippen LogP contribution in [0, 0.1) is 0 Å². The molecule has 7 heavy (non-hydrogen) atoms. The van der Waals surface area contributed by atoms with Gasteiger partial charge in [-0.15, -0.1) is 0 Å². The second kappa shape index (κ2) is 10.4. The summed E-state index contributed by atoms with van der Waals surface area (Å²) in [4.78, 5) is 9.37. The summed E-state index contributed by atoms with van der Waals surface area (Å²) in [5.74, 6) is -0.745. The standard InChI is InChI=1S/C3H6O2.ClH.K/c1-2-3(4)5;;/h2H2,1H3,(H,4,5);1H;/q;;+1/p-1. The smallest absolute Gasteiger partial charge is 1.00 e. The van der Waals surface area contributed by atoms with Crippen LogP contribution >= 0.6 is 0 Å². The maximum atomic E-state index is 9.37. The van der Waals surface area contributed by atoms with Crippen LogP contribution in [0.15, 0.2) is 0 Å². The topological polar surface area (TPSA) is 37.3 Å². The molecular formula is C3H6ClKO2. The van der Waals surface area contributed by atoms with E-state index in [-0.39, 0.29) is 70.2 Å². The van der Waals surface area contributed by atoms with Gasteiger partial charge in [0, 0.05) is 6.42 Å². The Hall–Kier alpha value is 1.40. The quantitative estimate of drug-likeness (QED) is 0.377. The molecule has 0 rings (SSSR count). The Morgan fingerprint density at radius 2 is 1.86 bits per heavy atom. The molecule has 0 amide bonds. The molecule has 0 bridgehead atoms. The molecule has 0 atom stereocenters. The molecule has 0 aliphatic heterocycles. The second-order valence-corrected chi connectivity index (χ2v) is 0.747. The average Bonchev–Trinajstić information content (AvgIpc) is 1.38. The van der Waals surface area contributed by atoms with Gasteiger partial charge in [-0.2, -0.15) is 0 Å². The van der Waals surface area contributed by atoms with Gasteiger partial charge in [0.15, 0.2) is 0 Å². The van der Waals surface area contributed by atoms with E-state index in [1.54, 1.807) is 6.92 Å². The van der Waals surface area contributed by atoms with E-state index in [2.05, 4.69) is 0 Å². The van der Waals surface area contributed by atoms with Crippen molar-refractivity contribution < 1.29 is 73.7 Å². The van der Waals surface area contributed by atoms with Crippen LogP contribution in [0.2, 0.25) is 0 Å². The molecule has 0 saturated carbocycles. The summed E-state index contributed by atoms with van der Waals surface area (Å²) in [7, 11) is 0. The summed E-state index contributed by atoms with van der Waals surface area (Å²) in [6, 6.07) is 0. The van der Waals surface area contributed by atoms with Gasteiger partial charge in [-0.05, 0) is 0 Å². The van der Waals surface area contributed by atoms with Crippen molar-refractivity contribution in [2.24, 2.45) is 0 Å². The SMILES string of the molecule is CCC(=O)O.[Cl-].[K+]. The number of carboxylic acid groups (broad SMARTS) is 1. The van der Waals surface area contributed by atoms with Crippen molar-refractivity contribution in [3.8, 4) is 0 Å². The molecule has 0 aromatic carbocycles. The minimum Gasteiger partial charge on any atom is -1.00 e. The normalized spacial score (nSPS) is 5.29. The third-order valence-corrected chi connectivity index (χ3v) is 0.302. The van der Waals surface area contributed by atoms with E-state index in [1.807, 2.05) is 0 Å². The molecule has 0 radical (unpaired) electrons. The molecule has 0 aromatic rings. The van der Waals surface area contributed by atoms with Crippen molar-refractivity contribution in [3.63, 3.8) is 0 Å². The van der Waals surface area contributed by atoms with Crippen LogP contribution < -0.4 is 63.8 Å². The Bertz CT molecular complexity index is 48.2. The monoisotopic (exact) mass is 148 g/mol. The maximum Gasteiger partial charge on any atom is 1.00 e. The zero-order valence-electron chi connectivity index (χ0n) is 4.44. The van der Waals surface area contributed by atoms with Gasteiger partial charge >= 0.3 is 57.4 Å². The van der Waals surface area contributed by atoms with E-state index in [0.29, 0.717) is 0 Å². The van der Waals surface area contributed by atoms with E-state index in [9.17, 15) is 4.79 Å². The molecule has 4 heteroatoms. The summed E-state index contributed by atoms with van der Waals surface area (Å²) in [6.07, 6.45) is 0.222. The number of halogens is 1. The molecule has 0 aliphatic carbocycles. The minimum atomic E-state index is -0.745. The molecule has 0 aliphatic rings. The number of hydrogen-bond acceptors (Lipinski definition) is 1. The summed E-state index contributed by atoms with van der Waals surface area (Å²) in [6.45, 7) is 1.60. The Morgan fingerprint density at radius 3 is 1.86 bits per heavy atom. The van der Waals surface area contributed by atoms with Gasteiger partial charge in [0.25, 0.3) is 0 Å². The molecule has 0 aromatic heterocycles. The molecule has 38 valence electrons. The molecular weight excluding hydrogens is 143 g/mol. The Morgan fingerprint density at radius 1 is 1.71 bits per heavy atom. The van der Waals surface area contributed by atoms with Gasteiger partial charge in [0.2, 0.25) is 0 Å². The number of rotatable bonds is 1. The average molecular weight is 149 g/mol. The first-order chi connectivity index (χ1) is 2.27. The van der Waals surface area contributed by atoms with E-state index < -0.39 is 5.97 Å². The largest absolute Gasteiger partial charge is 1.00 e. The van der Waals surface area contributed by atoms with Crippen LogP contribution in [-0.4, -0.2) is 11.1 Å². The molecule has 0 heterocycles. The summed E-state index contributed by atoms with van der Waals surface area (Å²) >= 11 is 0. The third kappa shape index (κ3) is 18.7. The fourth-order valence-corrected chi connectivity index (χ4v) is 0. The molecule has 1 N–H and O–H groups in total. The van der Waals surface area contributed by atoms with E-state index in [1.165, 1.54) is 0 Å². The van der Waals surface area contributed by atoms with Crippen molar-refractivity contribution in [1.82, 2.24) is 0 Å². The van der Waals surface area contributed by atoms with Crippen molar-refractivity contribution in [1.29, 1.82) is 0 Å². The first-order valence-corrected chi connectivity index (χ1v) is 1.49. The van der Waals surface area contributed by atoms with Crippen molar-refractivity contribution in [3.05, 3.63) is 0 Å². The van der Waals surface area contributed by atoms with Crippen molar-refractivity contribution in [2.75, 3.05) is 0 Å². The van der Waals surface area contributed by atoms with Gasteiger partial charge in [0.05, 0.1) is 0 Å². The Kier molecular flexibility index (Phi) is 23.4. The van der Waals surface area contributed by atoms with E-state index in [0.717, 1.165) is 0 Å². The Labute approximate surface area is 91.5 Å². The fourth-order valence-electron chi connectivity index (χ4n) is 0. The summed E-state index contributed by atoms with van der Waals surface area (Å²) in [5.41, 5.74) is 0. The van der Waals surface area contributed by atoms with Gasteiger partial charge in [-0.1, -0.05) is 6.92 Å². The zero-order valence-corrected chi connectivity index (χ0v) is 8.32. The number of carboxylic acids is 1. The van der Waals surface area contributed by atoms with Gasteiger partial charge in [0.1, 0.15) is 0 Å². The van der Waals surface area contributed by atoms with E-state index >= 15 is 0 Å². The molecule has 0 unspecified atom stereocenters. The molecule has 0 spiro atoms. The molecule has 0 fully saturated rings. The van der Waals surface area contributed by atoms with Crippen LogP contribution in [0.5, 0.6) is 0 Å². The third-order valence-electron chi connectivity index (χ3n) is 0.302. The van der Waals surface area contributed by atoms with Crippen molar-refractivity contribution >= 4 is 5.97 Å². The maximum absolute atomic E-state index is 9.37. The van der Waals surface area contributed by atoms with Crippen LogP contribution in [0.1, 0.15) is 13.3 Å². The summed E-state index contributed by atoms with van der Waals surface area (Å²) < 4.78 is 0. The first-order valence-electron chi connectivity index (χ1n) is 1.49. The second-order valence-electron chi connectivity index (χ2n) is 0.747. The van der Waals surface area contributed by atoms with Crippen LogP contribution in [0.3, 0.4) is 0 Å². The van der Waals surface area contributed by atoms with Crippen LogP contribution in [-0.2, 0) is 4.79 Å². The fraction of sp³-hybridized carbons (Fsp3) is 0.667. The predicted molar refractivity (Wildman–Crippen MR) is 17.9 cm³/mol. The predicted octanol–water partition coefficient (Wildman–Crippen LogP) is -5.51. The van der Waals surface area contributed by atoms with Gasteiger partial charge in [-0.25, -0.2) is 0 Å². The summed E-state index contributed by atoms with van der Waals surface area (Å²) in [5, 5.41) is 7.72. The minimum absolute atomic E-state index is 0. The number of hydrogen-bond donors (Lipinski definition) is 1. The van der Waals surface area contributed by atoms with Crippen LogP contribution in [0.4, 0.5) is 0 Å². The zero-order chi connectivity index (χ0) is 4.28. The van der Waals surface area contributed by atoms with Gasteiger partial charge < -0.3 is 17.5 Å². The number of carbonyl (C=O) groups is 1.